The predicted molar refractivity (Wildman–Crippen MR) is 121 cm³/mol. The zero-order valence-corrected chi connectivity index (χ0v) is 18.5. The molecule has 30 heavy (non-hydrogen) atoms. The molecule has 1 aromatic heterocycles. The van der Waals surface area contributed by atoms with Gasteiger partial charge in [0.25, 0.3) is 5.91 Å². The van der Waals surface area contributed by atoms with Crippen LogP contribution in [0.4, 0.5) is 0 Å². The van der Waals surface area contributed by atoms with Crippen LogP contribution in [-0.4, -0.2) is 33.3 Å². The molecule has 1 N–H and O–H groups in total. The predicted octanol–water partition coefficient (Wildman–Crippen LogP) is 5.25. The van der Waals surface area contributed by atoms with Gasteiger partial charge in [0.15, 0.2) is 11.5 Å². The van der Waals surface area contributed by atoms with Gasteiger partial charge in [0.05, 0.1) is 24.6 Å². The number of hydrogen-bond donors (Lipinski definition) is 1. The van der Waals surface area contributed by atoms with E-state index in [1.807, 2.05) is 48.7 Å². The van der Waals surface area contributed by atoms with Crippen molar-refractivity contribution >= 4 is 17.2 Å². The maximum absolute atomic E-state index is 13.0. The summed E-state index contributed by atoms with van der Waals surface area (Å²) >= 11 is 1.45. The average Bonchev–Trinajstić information content (AvgIpc) is 3.24. The molecule has 3 rings (SSSR count). The number of benzene rings is 2. The number of rotatable bonds is 9. The molecule has 1 heterocycles. The van der Waals surface area contributed by atoms with Gasteiger partial charge in [0.2, 0.25) is 0 Å². The van der Waals surface area contributed by atoms with Gasteiger partial charge in [-0.25, -0.2) is 0 Å². The summed E-state index contributed by atoms with van der Waals surface area (Å²) in [6, 6.07) is 15.7. The molecule has 0 aliphatic carbocycles. The van der Waals surface area contributed by atoms with E-state index in [2.05, 4.69) is 24.4 Å². The van der Waals surface area contributed by atoms with Crippen LogP contribution >= 0.6 is 11.3 Å². The lowest BCUT2D eigenvalue weighted by molar-refractivity contribution is 0.0944. The Kier molecular flexibility index (Phi) is 7.49. The summed E-state index contributed by atoms with van der Waals surface area (Å²) in [7, 11) is 3.23. The first-order valence-electron chi connectivity index (χ1n) is 9.78. The number of aryl methyl sites for hydroxylation is 1. The molecule has 1 atom stereocenters. The Balaban J connectivity index is 1.73. The largest absolute Gasteiger partial charge is 0.493 e. The van der Waals surface area contributed by atoms with Crippen molar-refractivity contribution in [2.75, 3.05) is 27.4 Å². The van der Waals surface area contributed by atoms with Crippen LogP contribution in [0.5, 0.6) is 11.5 Å². The molecule has 158 valence electrons. The lowest BCUT2D eigenvalue weighted by Gasteiger charge is -2.17. The summed E-state index contributed by atoms with van der Waals surface area (Å²) in [4.78, 5) is 13.7. The van der Waals surface area contributed by atoms with Crippen LogP contribution in [0.1, 0.15) is 33.8 Å². The van der Waals surface area contributed by atoms with Crippen molar-refractivity contribution in [3.63, 3.8) is 0 Å². The zero-order valence-electron chi connectivity index (χ0n) is 17.7. The third-order valence-corrected chi connectivity index (χ3v) is 5.73. The quantitative estimate of drug-likeness (QED) is 0.476. The molecule has 0 saturated heterocycles. The van der Waals surface area contributed by atoms with Crippen LogP contribution in [0.25, 0.3) is 11.1 Å². The van der Waals surface area contributed by atoms with E-state index in [4.69, 9.17) is 14.2 Å². The molecule has 3 aromatic rings. The van der Waals surface area contributed by atoms with E-state index >= 15 is 0 Å². The number of carbonyl (C=O) groups excluding carboxylic acids is 1. The number of hydrogen-bond acceptors (Lipinski definition) is 5. The molecule has 0 aliphatic heterocycles. The fourth-order valence-electron chi connectivity index (χ4n) is 3.10. The topological polar surface area (TPSA) is 56.8 Å². The van der Waals surface area contributed by atoms with Gasteiger partial charge in [0, 0.05) is 12.7 Å². The zero-order chi connectivity index (χ0) is 21.5. The van der Waals surface area contributed by atoms with E-state index < -0.39 is 0 Å². The number of carbonyl (C=O) groups is 1. The van der Waals surface area contributed by atoms with Gasteiger partial charge in [0.1, 0.15) is 6.61 Å². The van der Waals surface area contributed by atoms with E-state index in [9.17, 15) is 4.79 Å². The Hall–Kier alpha value is -2.83. The van der Waals surface area contributed by atoms with E-state index in [0.717, 1.165) is 16.7 Å². The minimum Gasteiger partial charge on any atom is -0.493 e. The molecule has 0 saturated carbocycles. The molecule has 0 bridgehead atoms. The van der Waals surface area contributed by atoms with Gasteiger partial charge in [-0.1, -0.05) is 35.9 Å². The number of thiophene rings is 1. The van der Waals surface area contributed by atoms with Crippen molar-refractivity contribution in [1.29, 1.82) is 0 Å². The van der Waals surface area contributed by atoms with E-state index in [0.29, 0.717) is 29.6 Å². The first-order valence-corrected chi connectivity index (χ1v) is 10.7. The normalized spacial score (nSPS) is 11.7. The van der Waals surface area contributed by atoms with Crippen molar-refractivity contribution in [3.8, 4) is 22.6 Å². The minimum atomic E-state index is -0.188. The van der Waals surface area contributed by atoms with Gasteiger partial charge in [-0.3, -0.25) is 4.79 Å². The molecule has 0 radical (unpaired) electrons. The molecule has 0 fully saturated rings. The molecule has 2 aromatic carbocycles. The number of ether oxygens (including phenoxy) is 3. The lowest BCUT2D eigenvalue weighted by Crippen LogP contribution is -2.26. The summed E-state index contributed by atoms with van der Waals surface area (Å²) in [6.07, 6.45) is 0. The lowest BCUT2D eigenvalue weighted by atomic mass is 10.0. The Morgan fingerprint density at radius 1 is 1.03 bits per heavy atom. The summed E-state index contributed by atoms with van der Waals surface area (Å²) < 4.78 is 16.1. The van der Waals surface area contributed by atoms with Crippen molar-refractivity contribution in [2.24, 2.45) is 0 Å². The van der Waals surface area contributed by atoms with E-state index in [1.54, 1.807) is 14.2 Å². The molecule has 6 heteroatoms. The van der Waals surface area contributed by atoms with E-state index in [1.165, 1.54) is 16.9 Å². The van der Waals surface area contributed by atoms with E-state index in [-0.39, 0.29) is 11.9 Å². The summed E-state index contributed by atoms with van der Waals surface area (Å²) in [5.74, 6) is 1.19. The number of amides is 1. The van der Waals surface area contributed by atoms with Crippen molar-refractivity contribution in [3.05, 3.63) is 69.9 Å². The fraction of sp³-hybridized carbons (Fsp3) is 0.292. The van der Waals surface area contributed by atoms with Gasteiger partial charge in [-0.15, -0.1) is 11.3 Å². The summed E-state index contributed by atoms with van der Waals surface area (Å²) in [5.41, 5.74) is 4.12. The third-order valence-electron chi connectivity index (χ3n) is 4.81. The highest BCUT2D eigenvalue weighted by atomic mass is 32.1. The first kappa shape index (κ1) is 21.9. The van der Waals surface area contributed by atoms with Crippen LogP contribution in [0.3, 0.4) is 0 Å². The second-order valence-electron chi connectivity index (χ2n) is 6.98. The number of methoxy groups -OCH3 is 2. The number of nitrogens with one attached hydrogen (secondary N) is 1. The van der Waals surface area contributed by atoms with Crippen LogP contribution in [0, 0.1) is 6.92 Å². The molecule has 1 amide bonds. The van der Waals surface area contributed by atoms with Crippen LogP contribution in [0.15, 0.2) is 53.9 Å². The average molecular weight is 426 g/mol. The minimum absolute atomic E-state index is 0.0903. The van der Waals surface area contributed by atoms with Gasteiger partial charge >= 0.3 is 0 Å². The Morgan fingerprint density at radius 2 is 1.80 bits per heavy atom. The Labute approximate surface area is 181 Å². The van der Waals surface area contributed by atoms with Gasteiger partial charge in [-0.2, -0.15) is 0 Å². The monoisotopic (exact) mass is 425 g/mol. The SMILES string of the molecule is COCCOc1ccc(C(C)NC(=O)c2sccc2-c2ccc(C)cc2)cc1OC. The second-order valence-corrected chi connectivity index (χ2v) is 7.89. The first-order chi connectivity index (χ1) is 14.5. The maximum atomic E-state index is 13.0. The second kappa shape index (κ2) is 10.3. The van der Waals surface area contributed by atoms with Crippen molar-refractivity contribution in [2.45, 2.75) is 19.9 Å². The smallest absolute Gasteiger partial charge is 0.262 e. The van der Waals surface area contributed by atoms with Gasteiger partial charge < -0.3 is 19.5 Å². The Bertz CT molecular complexity index is 981. The summed E-state index contributed by atoms with van der Waals surface area (Å²) in [5, 5.41) is 5.05. The fourth-order valence-corrected chi connectivity index (χ4v) is 3.92. The molecule has 0 spiro atoms. The molecular weight excluding hydrogens is 398 g/mol. The molecular formula is C24H27NO4S. The van der Waals surface area contributed by atoms with Crippen LogP contribution < -0.4 is 14.8 Å². The molecule has 0 aliphatic rings. The van der Waals surface area contributed by atoms with Crippen LogP contribution in [-0.2, 0) is 4.74 Å². The molecule has 5 nitrogen and oxygen atoms in total. The highest BCUT2D eigenvalue weighted by Crippen LogP contribution is 2.32. The standard InChI is InChI=1S/C24H27NO4S/c1-16-5-7-18(8-6-16)20-11-14-30-23(20)24(26)25-17(2)19-9-10-21(22(15-19)28-4)29-13-12-27-3/h5-11,14-15,17H,12-13H2,1-4H3,(H,25,26). The van der Waals surface area contributed by atoms with Gasteiger partial charge in [-0.05, 0) is 48.6 Å². The van der Waals surface area contributed by atoms with Crippen LogP contribution in [0.2, 0.25) is 0 Å². The summed E-state index contributed by atoms with van der Waals surface area (Å²) in [6.45, 7) is 4.95. The van der Waals surface area contributed by atoms with Crippen molar-refractivity contribution in [1.82, 2.24) is 5.32 Å². The highest BCUT2D eigenvalue weighted by molar-refractivity contribution is 7.12. The van der Waals surface area contributed by atoms with Crippen molar-refractivity contribution < 1.29 is 19.0 Å². The third kappa shape index (κ3) is 5.20. The Morgan fingerprint density at radius 3 is 2.50 bits per heavy atom. The molecule has 1 unspecified atom stereocenters. The maximum Gasteiger partial charge on any atom is 0.262 e. The highest BCUT2D eigenvalue weighted by Gasteiger charge is 2.18.